The Balaban J connectivity index is 2.74. The van der Waals surface area contributed by atoms with Gasteiger partial charge in [0.2, 0.25) is 5.91 Å². The summed E-state index contributed by atoms with van der Waals surface area (Å²) in [6, 6.07) is 3.08. The molecule has 1 rings (SSSR count). The molecule has 0 aliphatic heterocycles. The molecule has 0 spiro atoms. The van der Waals surface area contributed by atoms with Crippen molar-refractivity contribution in [3.05, 3.63) is 23.9 Å². The molecule has 2 amide bonds. The molecule has 0 saturated carbocycles. The highest BCUT2D eigenvalue weighted by Crippen LogP contribution is 2.10. The molecule has 0 fully saturated rings. The van der Waals surface area contributed by atoms with Gasteiger partial charge in [0.25, 0.3) is 5.91 Å². The van der Waals surface area contributed by atoms with Crippen LogP contribution in [0.25, 0.3) is 0 Å². The zero-order valence-corrected chi connectivity index (χ0v) is 13.1. The van der Waals surface area contributed by atoms with Gasteiger partial charge in [0.05, 0.1) is 13.0 Å². The molecule has 0 aliphatic carbocycles. The smallest absolute Gasteiger partial charge is 0.307 e. The van der Waals surface area contributed by atoms with E-state index in [1.807, 2.05) is 6.92 Å². The molecule has 0 saturated heterocycles. The monoisotopic (exact) mass is 307 g/mol. The summed E-state index contributed by atoms with van der Waals surface area (Å²) in [6.07, 6.45) is 1.61. The van der Waals surface area contributed by atoms with Crippen LogP contribution in [0, 0.1) is 0 Å². The summed E-state index contributed by atoms with van der Waals surface area (Å²) in [7, 11) is 0. The van der Waals surface area contributed by atoms with Gasteiger partial charge in [0.15, 0.2) is 0 Å². The van der Waals surface area contributed by atoms with E-state index in [1.165, 1.54) is 19.2 Å². The van der Waals surface area contributed by atoms with Crippen molar-refractivity contribution in [1.29, 1.82) is 0 Å². The lowest BCUT2D eigenvalue weighted by atomic mass is 10.2. The van der Waals surface area contributed by atoms with Crippen LogP contribution in [-0.4, -0.2) is 47.4 Å². The minimum Gasteiger partial charge on any atom is -0.466 e. The number of nitrogens with zero attached hydrogens (tertiary/aromatic N) is 2. The van der Waals surface area contributed by atoms with Gasteiger partial charge in [-0.3, -0.25) is 14.4 Å². The largest absolute Gasteiger partial charge is 0.466 e. The third kappa shape index (κ3) is 5.51. The highest BCUT2D eigenvalue weighted by molar-refractivity contribution is 5.96. The van der Waals surface area contributed by atoms with E-state index in [2.05, 4.69) is 10.3 Å². The number of nitrogens with one attached hydrogen (secondary N) is 1. The molecular formula is C15H21N3O4. The maximum Gasteiger partial charge on any atom is 0.307 e. The first-order valence-corrected chi connectivity index (χ1v) is 7.16. The molecular weight excluding hydrogens is 286 g/mol. The summed E-state index contributed by atoms with van der Waals surface area (Å²) in [5.41, 5.74) is 0.407. The Morgan fingerprint density at radius 2 is 2.05 bits per heavy atom. The summed E-state index contributed by atoms with van der Waals surface area (Å²) < 4.78 is 4.85. The van der Waals surface area contributed by atoms with Crippen LogP contribution < -0.4 is 5.32 Å². The fourth-order valence-corrected chi connectivity index (χ4v) is 1.86. The molecule has 1 aromatic heterocycles. The van der Waals surface area contributed by atoms with Gasteiger partial charge in [0, 0.05) is 31.8 Å². The molecule has 120 valence electrons. The van der Waals surface area contributed by atoms with Gasteiger partial charge in [-0.25, -0.2) is 4.98 Å². The van der Waals surface area contributed by atoms with E-state index in [0.717, 1.165) is 0 Å². The number of aromatic nitrogens is 1. The quantitative estimate of drug-likeness (QED) is 0.770. The first-order chi connectivity index (χ1) is 10.5. The summed E-state index contributed by atoms with van der Waals surface area (Å²) >= 11 is 0. The second kappa shape index (κ2) is 8.76. The van der Waals surface area contributed by atoms with Gasteiger partial charge >= 0.3 is 5.97 Å². The van der Waals surface area contributed by atoms with Crippen LogP contribution in [0.4, 0.5) is 5.82 Å². The number of carbonyl (C=O) groups is 3. The second-order valence-electron chi connectivity index (χ2n) is 4.55. The number of esters is 1. The van der Waals surface area contributed by atoms with E-state index >= 15 is 0 Å². The highest BCUT2D eigenvalue weighted by atomic mass is 16.5. The molecule has 0 aliphatic rings. The molecule has 0 bridgehead atoms. The minimum atomic E-state index is -0.331. The average molecular weight is 307 g/mol. The molecule has 1 N–H and O–H groups in total. The minimum absolute atomic E-state index is 0.150. The van der Waals surface area contributed by atoms with Crippen molar-refractivity contribution in [3.63, 3.8) is 0 Å². The fourth-order valence-electron chi connectivity index (χ4n) is 1.86. The van der Waals surface area contributed by atoms with E-state index in [9.17, 15) is 14.4 Å². The van der Waals surface area contributed by atoms with Crippen LogP contribution in [0.1, 0.15) is 37.6 Å². The van der Waals surface area contributed by atoms with Crippen LogP contribution >= 0.6 is 0 Å². The van der Waals surface area contributed by atoms with E-state index in [1.54, 1.807) is 17.9 Å². The third-order valence-corrected chi connectivity index (χ3v) is 2.87. The lowest BCUT2D eigenvalue weighted by Gasteiger charge is -2.20. The Bertz CT molecular complexity index is 545. The van der Waals surface area contributed by atoms with Crippen molar-refractivity contribution in [2.24, 2.45) is 0 Å². The lowest BCUT2D eigenvalue weighted by molar-refractivity contribution is -0.143. The fraction of sp³-hybridized carbons (Fsp3) is 0.467. The SMILES string of the molecule is CCOC(=O)CCN(CC)C(=O)c1ccnc(NC(C)=O)c1. The van der Waals surface area contributed by atoms with Crippen LogP contribution in [0.2, 0.25) is 0 Å². The summed E-state index contributed by atoms with van der Waals surface area (Å²) in [4.78, 5) is 40.3. The topological polar surface area (TPSA) is 88.6 Å². The Hall–Kier alpha value is -2.44. The molecule has 22 heavy (non-hydrogen) atoms. The third-order valence-electron chi connectivity index (χ3n) is 2.87. The van der Waals surface area contributed by atoms with Crippen LogP contribution in [0.5, 0.6) is 0 Å². The maximum atomic E-state index is 12.4. The number of anilines is 1. The summed E-state index contributed by atoms with van der Waals surface area (Å²) in [6.45, 7) is 6.01. The zero-order chi connectivity index (χ0) is 16.5. The number of hydrogen-bond acceptors (Lipinski definition) is 5. The average Bonchev–Trinajstić information content (AvgIpc) is 2.47. The Morgan fingerprint density at radius 3 is 2.64 bits per heavy atom. The molecule has 1 aromatic rings. The lowest BCUT2D eigenvalue weighted by Crippen LogP contribution is -2.33. The number of amides is 2. The maximum absolute atomic E-state index is 12.4. The molecule has 0 unspecified atom stereocenters. The molecule has 7 nitrogen and oxygen atoms in total. The number of hydrogen-bond donors (Lipinski definition) is 1. The van der Waals surface area contributed by atoms with Crippen molar-refractivity contribution in [3.8, 4) is 0 Å². The first kappa shape index (κ1) is 17.6. The molecule has 0 atom stereocenters. The zero-order valence-electron chi connectivity index (χ0n) is 13.1. The van der Waals surface area contributed by atoms with Gasteiger partial charge in [0.1, 0.15) is 5.82 Å². The molecule has 0 aromatic carbocycles. The Labute approximate surface area is 129 Å². The second-order valence-corrected chi connectivity index (χ2v) is 4.55. The van der Waals surface area contributed by atoms with Crippen molar-refractivity contribution in [2.75, 3.05) is 25.0 Å². The van der Waals surface area contributed by atoms with Crippen molar-refractivity contribution >= 4 is 23.6 Å². The normalized spacial score (nSPS) is 9.95. The molecule has 1 heterocycles. The van der Waals surface area contributed by atoms with Gasteiger partial charge < -0.3 is 15.0 Å². The van der Waals surface area contributed by atoms with Gasteiger partial charge in [-0.2, -0.15) is 0 Å². The van der Waals surface area contributed by atoms with Crippen LogP contribution in [0.15, 0.2) is 18.3 Å². The van der Waals surface area contributed by atoms with E-state index in [4.69, 9.17) is 4.74 Å². The van der Waals surface area contributed by atoms with E-state index in [-0.39, 0.29) is 30.7 Å². The van der Waals surface area contributed by atoms with Crippen molar-refractivity contribution < 1.29 is 19.1 Å². The number of rotatable bonds is 7. The van der Waals surface area contributed by atoms with Crippen molar-refractivity contribution in [1.82, 2.24) is 9.88 Å². The van der Waals surface area contributed by atoms with Gasteiger partial charge in [-0.05, 0) is 26.0 Å². The molecule has 7 heteroatoms. The predicted molar refractivity (Wildman–Crippen MR) is 81.4 cm³/mol. The van der Waals surface area contributed by atoms with Crippen LogP contribution in [-0.2, 0) is 14.3 Å². The van der Waals surface area contributed by atoms with E-state index < -0.39 is 0 Å². The first-order valence-electron chi connectivity index (χ1n) is 7.16. The van der Waals surface area contributed by atoms with Gasteiger partial charge in [-0.15, -0.1) is 0 Å². The van der Waals surface area contributed by atoms with E-state index in [0.29, 0.717) is 24.5 Å². The summed E-state index contributed by atoms with van der Waals surface area (Å²) in [5.74, 6) is -0.491. The predicted octanol–water partition coefficient (Wildman–Crippen LogP) is 1.46. The highest BCUT2D eigenvalue weighted by Gasteiger charge is 2.16. The standard InChI is InChI=1S/C15H21N3O4/c1-4-18(9-7-14(20)22-5-2)15(21)12-6-8-16-13(10-12)17-11(3)19/h6,8,10H,4-5,7,9H2,1-3H3,(H,16,17,19). The van der Waals surface area contributed by atoms with Crippen LogP contribution in [0.3, 0.4) is 0 Å². The summed E-state index contributed by atoms with van der Waals surface area (Å²) in [5, 5.41) is 2.53. The van der Waals surface area contributed by atoms with Crippen molar-refractivity contribution in [2.45, 2.75) is 27.2 Å². The number of carbonyl (C=O) groups excluding carboxylic acids is 3. The molecule has 0 radical (unpaired) electrons. The van der Waals surface area contributed by atoms with Gasteiger partial charge in [-0.1, -0.05) is 0 Å². The number of pyridine rings is 1. The number of ether oxygens (including phenoxy) is 1. The Morgan fingerprint density at radius 1 is 1.32 bits per heavy atom. The Kier molecular flexibility index (Phi) is 7.01.